The zero-order valence-electron chi connectivity index (χ0n) is 47.4. The minimum absolute atomic E-state index is 0.343. The first-order valence-electron chi connectivity index (χ1n) is 28.6. The molecule has 1 aliphatic rings. The summed E-state index contributed by atoms with van der Waals surface area (Å²) in [4.78, 5) is 38.0. The minimum Gasteiger partial charge on any atom is -0.399 e. The van der Waals surface area contributed by atoms with Gasteiger partial charge in [-0.1, -0.05) is 162 Å². The Labute approximate surface area is 503 Å². The number of rotatable bonds is 4. The first kappa shape index (κ1) is 52.8. The SMILES string of the molecule is Brc1cc2cc3ccccc3nc2c2ncccc12.CC1(C)OB(c2ccc(-c3ccc4ccc5cccnc5c4n3)cc2)OC1(C)C.c1ccc2nc3c(cc(-c4ccc(-c5ccc6ccc7cccnc7c6n5)cc4)c4cccnc43)cc2c1. The predicted octanol–water partition coefficient (Wildman–Crippen LogP) is 17.8. The fourth-order valence-corrected chi connectivity index (χ4v) is 12.1. The van der Waals surface area contributed by atoms with Gasteiger partial charge in [-0.2, -0.15) is 0 Å². The van der Waals surface area contributed by atoms with Gasteiger partial charge in [0, 0.05) is 94.2 Å². The lowest BCUT2D eigenvalue weighted by Crippen LogP contribution is -2.41. The van der Waals surface area contributed by atoms with Crippen molar-refractivity contribution in [3.63, 3.8) is 0 Å². The molecule has 0 bridgehead atoms. The Morgan fingerprint density at radius 3 is 1.26 bits per heavy atom. The van der Waals surface area contributed by atoms with Crippen LogP contribution in [0.2, 0.25) is 0 Å². The largest absolute Gasteiger partial charge is 0.494 e. The molecule has 410 valence electrons. The Hall–Kier alpha value is -9.98. The van der Waals surface area contributed by atoms with Crippen LogP contribution in [0.3, 0.4) is 0 Å². The van der Waals surface area contributed by atoms with Crippen molar-refractivity contribution in [1.29, 1.82) is 0 Å². The average molecular weight is 1180 g/mol. The van der Waals surface area contributed by atoms with Gasteiger partial charge in [0.1, 0.15) is 0 Å². The molecule has 0 spiro atoms. The highest BCUT2D eigenvalue weighted by molar-refractivity contribution is 9.10. The summed E-state index contributed by atoms with van der Waals surface area (Å²) in [7, 11) is -0.355. The van der Waals surface area contributed by atoms with Crippen LogP contribution >= 0.6 is 15.9 Å². The monoisotopic (exact) mass is 1170 g/mol. The Morgan fingerprint density at radius 1 is 0.326 bits per heavy atom. The molecular weight excluding hydrogens is 1120 g/mol. The van der Waals surface area contributed by atoms with E-state index in [-0.39, 0.29) is 18.3 Å². The molecule has 86 heavy (non-hydrogen) atoms. The van der Waals surface area contributed by atoms with E-state index in [9.17, 15) is 0 Å². The molecule has 8 aromatic carbocycles. The molecule has 0 amide bonds. The van der Waals surface area contributed by atoms with E-state index < -0.39 is 0 Å². The molecule has 0 atom stereocenters. The van der Waals surface area contributed by atoms with Gasteiger partial charge in [-0.3, -0.25) is 19.9 Å². The first-order chi connectivity index (χ1) is 42.0. The van der Waals surface area contributed by atoms with Crippen LogP contribution in [-0.4, -0.2) is 58.2 Å². The highest BCUT2D eigenvalue weighted by Crippen LogP contribution is 2.39. The number of pyridine rings is 8. The molecule has 17 rings (SSSR count). The Morgan fingerprint density at radius 2 is 0.721 bits per heavy atom. The third-order valence-electron chi connectivity index (χ3n) is 16.8. The molecule has 10 nitrogen and oxygen atoms in total. The third kappa shape index (κ3) is 9.58. The van der Waals surface area contributed by atoms with E-state index in [2.05, 4.69) is 228 Å². The normalized spacial score (nSPS) is 13.7. The van der Waals surface area contributed by atoms with Gasteiger partial charge in [0.2, 0.25) is 0 Å². The van der Waals surface area contributed by atoms with Crippen molar-refractivity contribution in [2.45, 2.75) is 38.9 Å². The van der Waals surface area contributed by atoms with Gasteiger partial charge in [-0.05, 0) is 117 Å². The lowest BCUT2D eigenvalue weighted by molar-refractivity contribution is 0.00578. The summed E-state index contributed by atoms with van der Waals surface area (Å²) in [6, 6.07) is 74.9. The van der Waals surface area contributed by atoms with Crippen LogP contribution in [0.15, 0.2) is 248 Å². The number of fused-ring (bicyclic) bond motifs is 14. The van der Waals surface area contributed by atoms with E-state index in [1.807, 2.05) is 73.3 Å². The Kier molecular flexibility index (Phi) is 13.1. The molecule has 12 heteroatoms. The molecule has 0 radical (unpaired) electrons. The van der Waals surface area contributed by atoms with Gasteiger partial charge in [0.25, 0.3) is 0 Å². The van der Waals surface area contributed by atoms with Crippen molar-refractivity contribution in [2.24, 2.45) is 0 Å². The second kappa shape index (κ2) is 21.3. The van der Waals surface area contributed by atoms with Crippen LogP contribution in [0.5, 0.6) is 0 Å². The Balaban J connectivity index is 0.000000115. The van der Waals surface area contributed by atoms with Crippen molar-refractivity contribution < 1.29 is 9.31 Å². The predicted molar refractivity (Wildman–Crippen MR) is 356 cm³/mol. The van der Waals surface area contributed by atoms with Gasteiger partial charge in [-0.25, -0.2) is 19.9 Å². The number of hydrogen-bond donors (Lipinski definition) is 0. The minimum atomic E-state index is -0.355. The fraction of sp³-hybridized carbons (Fsp3) is 0.0811. The van der Waals surface area contributed by atoms with Gasteiger partial charge >= 0.3 is 7.12 Å². The van der Waals surface area contributed by atoms with Crippen molar-refractivity contribution >= 4 is 138 Å². The molecule has 1 saturated heterocycles. The number of nitrogens with zero attached hydrogens (tertiary/aromatic N) is 8. The van der Waals surface area contributed by atoms with Crippen LogP contribution in [0.1, 0.15) is 27.7 Å². The number of halogens is 1. The summed E-state index contributed by atoms with van der Waals surface area (Å²) in [5.74, 6) is 0. The standard InChI is InChI=1S/C34H20N4.C24H23BN2O2.C16H9BrN2/c1-2-8-29-25(5-1)19-26-20-28(27-7-4-18-36-34(27)33(26)37-29)21-9-11-22(12-10-21)30-16-15-24-14-13-23-6-3-17-35-31(23)32(24)38-30;1-23(2)24(3,4)29-25(28-23)19-12-9-16(10-13-19)20-14-11-18-8-7-17-6-5-15-26-21(17)22(18)27-20;17-13-9-11-8-10-4-1-2-6-14(10)19-15(11)16-12(13)5-3-7-18-16/h1-20H;5-15H,1-4H3;1-9H. The Bertz CT molecular complexity index is 5340. The summed E-state index contributed by atoms with van der Waals surface area (Å²) in [6.45, 7) is 8.27. The lowest BCUT2D eigenvalue weighted by Gasteiger charge is -2.32. The highest BCUT2D eigenvalue weighted by atomic mass is 79.9. The molecule has 1 fully saturated rings. The van der Waals surface area contributed by atoms with E-state index in [0.29, 0.717) is 0 Å². The molecule has 0 saturated carbocycles. The maximum Gasteiger partial charge on any atom is 0.494 e. The van der Waals surface area contributed by atoms with Gasteiger partial charge in [0.05, 0.1) is 77.8 Å². The fourth-order valence-electron chi connectivity index (χ4n) is 11.5. The molecule has 9 heterocycles. The molecule has 0 aliphatic carbocycles. The van der Waals surface area contributed by atoms with Crippen LogP contribution < -0.4 is 5.46 Å². The maximum absolute atomic E-state index is 6.16. The van der Waals surface area contributed by atoms with Gasteiger partial charge < -0.3 is 9.31 Å². The van der Waals surface area contributed by atoms with Crippen LogP contribution in [-0.2, 0) is 9.31 Å². The number of aromatic nitrogens is 8. The zero-order chi connectivity index (χ0) is 58.1. The first-order valence-corrected chi connectivity index (χ1v) is 29.4. The molecule has 16 aromatic rings. The topological polar surface area (TPSA) is 122 Å². The number of para-hydroxylation sites is 2. The quantitative estimate of drug-likeness (QED) is 0.0956. The average Bonchev–Trinajstić information content (AvgIpc) is 2.72. The van der Waals surface area contributed by atoms with Gasteiger partial charge in [0.15, 0.2) is 0 Å². The van der Waals surface area contributed by atoms with Gasteiger partial charge in [-0.15, -0.1) is 0 Å². The maximum atomic E-state index is 6.16. The summed E-state index contributed by atoms with van der Waals surface area (Å²) < 4.78 is 13.4. The smallest absolute Gasteiger partial charge is 0.399 e. The van der Waals surface area contributed by atoms with Crippen LogP contribution in [0, 0.1) is 0 Å². The van der Waals surface area contributed by atoms with E-state index in [1.54, 1.807) is 0 Å². The van der Waals surface area contributed by atoms with E-state index in [0.717, 1.165) is 153 Å². The highest BCUT2D eigenvalue weighted by Gasteiger charge is 2.51. The third-order valence-corrected chi connectivity index (χ3v) is 17.4. The molecule has 0 N–H and O–H groups in total. The number of benzene rings is 8. The van der Waals surface area contributed by atoms with Crippen molar-refractivity contribution in [3.8, 4) is 33.6 Å². The van der Waals surface area contributed by atoms with Crippen molar-refractivity contribution in [1.82, 2.24) is 39.9 Å². The van der Waals surface area contributed by atoms with E-state index >= 15 is 0 Å². The molecule has 1 aliphatic heterocycles. The van der Waals surface area contributed by atoms with Crippen LogP contribution in [0.25, 0.3) is 143 Å². The second-order valence-corrected chi connectivity index (χ2v) is 23.5. The second-order valence-electron chi connectivity index (χ2n) is 22.7. The zero-order valence-corrected chi connectivity index (χ0v) is 49.0. The summed E-state index contributed by atoms with van der Waals surface area (Å²) in [6.07, 6.45) is 7.29. The lowest BCUT2D eigenvalue weighted by atomic mass is 9.79. The van der Waals surface area contributed by atoms with E-state index in [4.69, 9.17) is 34.2 Å². The summed E-state index contributed by atoms with van der Waals surface area (Å²) in [5, 5.41) is 11.0. The van der Waals surface area contributed by atoms with E-state index in [1.165, 1.54) is 0 Å². The summed E-state index contributed by atoms with van der Waals surface area (Å²) in [5.41, 5.74) is 16.0. The molecule has 0 unspecified atom stereocenters. The molecule has 8 aromatic heterocycles. The van der Waals surface area contributed by atoms with Crippen molar-refractivity contribution in [3.05, 3.63) is 248 Å². The number of hydrogen-bond acceptors (Lipinski definition) is 10. The molecular formula is C74H52BBrN8O2. The summed E-state index contributed by atoms with van der Waals surface area (Å²) >= 11 is 3.61. The van der Waals surface area contributed by atoms with Crippen LogP contribution in [0.4, 0.5) is 0 Å². The van der Waals surface area contributed by atoms with Crippen molar-refractivity contribution in [2.75, 3.05) is 0 Å².